The van der Waals surface area contributed by atoms with Gasteiger partial charge in [0.2, 0.25) is 0 Å². The molecule has 1 amide bonds. The molecule has 1 atom stereocenters. The fourth-order valence-corrected chi connectivity index (χ4v) is 5.42. The summed E-state index contributed by atoms with van der Waals surface area (Å²) in [5.41, 5.74) is 2.09. The van der Waals surface area contributed by atoms with Crippen LogP contribution >= 0.6 is 11.3 Å². The van der Waals surface area contributed by atoms with Crippen LogP contribution in [0.5, 0.6) is 0 Å². The number of pyridine rings is 1. The molecule has 7 heteroatoms. The summed E-state index contributed by atoms with van der Waals surface area (Å²) < 4.78 is 12.8. The van der Waals surface area contributed by atoms with E-state index in [4.69, 9.17) is 9.47 Å². The Labute approximate surface area is 180 Å². The molecule has 2 fully saturated rings. The Kier molecular flexibility index (Phi) is 5.77. The van der Waals surface area contributed by atoms with Crippen LogP contribution in [0.2, 0.25) is 0 Å². The first-order valence-corrected chi connectivity index (χ1v) is 11.2. The third kappa shape index (κ3) is 3.98. The van der Waals surface area contributed by atoms with Crippen LogP contribution in [0.1, 0.15) is 27.0 Å². The molecule has 2 aliphatic heterocycles. The summed E-state index contributed by atoms with van der Waals surface area (Å²) in [7, 11) is 0. The second-order valence-electron chi connectivity index (χ2n) is 7.66. The topological polar surface area (TPSA) is 54.9 Å². The smallest absolute Gasteiger partial charge is 0.264 e. The lowest BCUT2D eigenvalue weighted by Gasteiger charge is -2.33. The highest BCUT2D eigenvalue weighted by atomic mass is 32.1. The van der Waals surface area contributed by atoms with Gasteiger partial charge in [0.05, 0.1) is 36.5 Å². The number of ether oxygens (including phenoxy) is 2. The maximum Gasteiger partial charge on any atom is 0.264 e. The number of rotatable bonds is 4. The molecule has 6 nitrogen and oxygen atoms in total. The van der Waals surface area contributed by atoms with Gasteiger partial charge in [-0.25, -0.2) is 0 Å². The van der Waals surface area contributed by atoms with Crippen molar-refractivity contribution in [1.82, 2.24) is 14.8 Å². The quantitative estimate of drug-likeness (QED) is 0.644. The van der Waals surface area contributed by atoms with Crippen LogP contribution in [0.3, 0.4) is 0 Å². The van der Waals surface area contributed by atoms with Crippen LogP contribution < -0.4 is 0 Å². The predicted octanol–water partition coefficient (Wildman–Crippen LogP) is 3.34. The van der Waals surface area contributed by atoms with Crippen LogP contribution in [0.25, 0.3) is 10.1 Å². The van der Waals surface area contributed by atoms with Crippen LogP contribution in [0, 0.1) is 0 Å². The lowest BCUT2D eigenvalue weighted by Crippen LogP contribution is -2.41. The fraction of sp³-hybridized carbons (Fsp3) is 0.391. The molecular formula is C23H25N3O3S. The highest BCUT2D eigenvalue weighted by molar-refractivity contribution is 7.21. The zero-order valence-electron chi connectivity index (χ0n) is 16.8. The van der Waals surface area contributed by atoms with E-state index >= 15 is 0 Å². The molecule has 0 bridgehead atoms. The summed E-state index contributed by atoms with van der Waals surface area (Å²) in [4.78, 5) is 23.0. The SMILES string of the molecule is O=C(c1sc2ccccc2c1[C@@H]1CN(Cc2ccccn2)CCO1)N1CCOCC1. The summed E-state index contributed by atoms with van der Waals surface area (Å²) >= 11 is 1.58. The summed E-state index contributed by atoms with van der Waals surface area (Å²) in [5.74, 6) is 0.0972. The van der Waals surface area contributed by atoms with Gasteiger partial charge in [0.1, 0.15) is 0 Å². The molecule has 0 spiro atoms. The van der Waals surface area contributed by atoms with Gasteiger partial charge >= 0.3 is 0 Å². The average Bonchev–Trinajstić information content (AvgIpc) is 3.20. The molecule has 2 saturated heterocycles. The van der Waals surface area contributed by atoms with Gasteiger partial charge in [-0.2, -0.15) is 0 Å². The lowest BCUT2D eigenvalue weighted by molar-refractivity contribution is -0.0328. The third-order valence-corrected chi connectivity index (χ3v) is 6.89. The number of amides is 1. The van der Waals surface area contributed by atoms with Crippen molar-refractivity contribution < 1.29 is 14.3 Å². The van der Waals surface area contributed by atoms with Crippen LogP contribution in [0.4, 0.5) is 0 Å². The minimum atomic E-state index is -0.126. The van der Waals surface area contributed by atoms with Gasteiger partial charge in [-0.3, -0.25) is 14.7 Å². The standard InChI is InChI=1S/C23H25N3O3S/c27-23(26-10-12-28-13-11-26)22-21(18-6-1-2-7-20(18)30-22)19-16-25(9-14-29-19)15-17-5-3-4-8-24-17/h1-8,19H,9-16H2/t19-/m0/s1. The lowest BCUT2D eigenvalue weighted by atomic mass is 10.0. The molecule has 0 N–H and O–H groups in total. The number of hydrogen-bond acceptors (Lipinski definition) is 6. The van der Waals surface area contributed by atoms with E-state index in [0.29, 0.717) is 32.9 Å². The number of thiophene rings is 1. The van der Waals surface area contributed by atoms with Crippen molar-refractivity contribution in [2.45, 2.75) is 12.6 Å². The van der Waals surface area contributed by atoms with Crippen molar-refractivity contribution in [2.75, 3.05) is 46.0 Å². The number of benzene rings is 1. The normalized spacial score (nSPS) is 20.5. The molecule has 0 saturated carbocycles. The molecular weight excluding hydrogens is 398 g/mol. The zero-order valence-corrected chi connectivity index (χ0v) is 17.6. The molecule has 1 aromatic carbocycles. The Morgan fingerprint density at radius 2 is 1.90 bits per heavy atom. The molecule has 0 aliphatic carbocycles. The van der Waals surface area contributed by atoms with E-state index in [0.717, 1.165) is 45.9 Å². The van der Waals surface area contributed by atoms with Crippen LogP contribution in [-0.4, -0.2) is 66.7 Å². The van der Waals surface area contributed by atoms with E-state index in [2.05, 4.69) is 28.1 Å². The van der Waals surface area contributed by atoms with Crippen molar-refractivity contribution in [3.8, 4) is 0 Å². The van der Waals surface area contributed by atoms with Crippen LogP contribution in [0.15, 0.2) is 48.7 Å². The van der Waals surface area contributed by atoms with Gasteiger partial charge < -0.3 is 14.4 Å². The van der Waals surface area contributed by atoms with Gasteiger partial charge in [0, 0.05) is 49.2 Å². The maximum atomic E-state index is 13.4. The molecule has 2 aliphatic rings. The van der Waals surface area contributed by atoms with Gasteiger partial charge in [0.25, 0.3) is 5.91 Å². The first kappa shape index (κ1) is 19.6. The number of morpholine rings is 2. The Hall–Kier alpha value is -2.32. The second kappa shape index (κ2) is 8.81. The summed E-state index contributed by atoms with van der Waals surface area (Å²) in [6.07, 6.45) is 1.71. The van der Waals surface area contributed by atoms with Crippen LogP contribution in [-0.2, 0) is 16.0 Å². The average molecular weight is 424 g/mol. The molecule has 4 heterocycles. The fourth-order valence-electron chi connectivity index (χ4n) is 4.20. The number of hydrogen-bond donors (Lipinski definition) is 0. The Bertz CT molecular complexity index is 1020. The molecule has 0 unspecified atom stereocenters. The maximum absolute atomic E-state index is 13.4. The first-order chi connectivity index (χ1) is 14.8. The molecule has 0 radical (unpaired) electrons. The van der Waals surface area contributed by atoms with Gasteiger partial charge in [-0.15, -0.1) is 11.3 Å². The van der Waals surface area contributed by atoms with Crippen molar-refractivity contribution in [3.05, 3.63) is 64.8 Å². The van der Waals surface area contributed by atoms with E-state index < -0.39 is 0 Å². The van der Waals surface area contributed by atoms with Gasteiger partial charge in [-0.05, 0) is 23.6 Å². The highest BCUT2D eigenvalue weighted by Crippen LogP contribution is 2.39. The zero-order chi connectivity index (χ0) is 20.3. The van der Waals surface area contributed by atoms with Crippen molar-refractivity contribution in [3.63, 3.8) is 0 Å². The van der Waals surface area contributed by atoms with E-state index in [1.807, 2.05) is 35.4 Å². The number of fused-ring (bicyclic) bond motifs is 1. The van der Waals surface area contributed by atoms with Crippen molar-refractivity contribution >= 4 is 27.3 Å². The van der Waals surface area contributed by atoms with Gasteiger partial charge in [0.15, 0.2) is 0 Å². The minimum Gasteiger partial charge on any atom is -0.378 e. The Morgan fingerprint density at radius 3 is 2.73 bits per heavy atom. The second-order valence-corrected chi connectivity index (χ2v) is 8.71. The highest BCUT2D eigenvalue weighted by Gasteiger charge is 2.32. The predicted molar refractivity (Wildman–Crippen MR) is 117 cm³/mol. The van der Waals surface area contributed by atoms with E-state index in [9.17, 15) is 4.79 Å². The largest absolute Gasteiger partial charge is 0.378 e. The molecule has 30 heavy (non-hydrogen) atoms. The Morgan fingerprint density at radius 1 is 1.07 bits per heavy atom. The molecule has 2 aromatic heterocycles. The number of aromatic nitrogens is 1. The number of nitrogens with zero attached hydrogens (tertiary/aromatic N) is 3. The molecule has 3 aromatic rings. The third-order valence-electron chi connectivity index (χ3n) is 5.71. The molecule has 156 valence electrons. The van der Waals surface area contributed by atoms with E-state index in [1.54, 1.807) is 11.3 Å². The summed E-state index contributed by atoms with van der Waals surface area (Å²) in [5, 5.41) is 1.13. The number of carbonyl (C=O) groups excluding carboxylic acids is 1. The Balaban J connectivity index is 1.45. The summed E-state index contributed by atoms with van der Waals surface area (Å²) in [6, 6.07) is 14.3. The summed E-state index contributed by atoms with van der Waals surface area (Å²) in [6.45, 7) is 5.53. The monoisotopic (exact) mass is 423 g/mol. The minimum absolute atomic E-state index is 0.0972. The first-order valence-electron chi connectivity index (χ1n) is 10.4. The van der Waals surface area contributed by atoms with E-state index in [-0.39, 0.29) is 12.0 Å². The van der Waals surface area contributed by atoms with E-state index in [1.165, 1.54) is 0 Å². The molecule has 5 rings (SSSR count). The van der Waals surface area contributed by atoms with Crippen molar-refractivity contribution in [2.24, 2.45) is 0 Å². The number of carbonyl (C=O) groups is 1. The van der Waals surface area contributed by atoms with Crippen molar-refractivity contribution in [1.29, 1.82) is 0 Å². The van der Waals surface area contributed by atoms with Gasteiger partial charge in [-0.1, -0.05) is 24.3 Å².